The van der Waals surface area contributed by atoms with Gasteiger partial charge in [0.25, 0.3) is 11.8 Å². The first-order valence-electron chi connectivity index (χ1n) is 9.25. The summed E-state index contributed by atoms with van der Waals surface area (Å²) in [4.78, 5) is 32.0. The topological polar surface area (TPSA) is 66.7 Å². The van der Waals surface area contributed by atoms with E-state index in [1.54, 1.807) is 15.5 Å². The molecule has 6 heteroatoms. The molecular formula is C21H22N4O2. The van der Waals surface area contributed by atoms with E-state index in [1.807, 2.05) is 56.3 Å². The van der Waals surface area contributed by atoms with Crippen LogP contribution in [0.2, 0.25) is 0 Å². The number of fused-ring (bicyclic) bond motifs is 1. The van der Waals surface area contributed by atoms with E-state index in [-0.39, 0.29) is 23.7 Å². The summed E-state index contributed by atoms with van der Waals surface area (Å²) in [5.41, 5.74) is 2.83. The van der Waals surface area contributed by atoms with Crippen molar-refractivity contribution in [3.8, 4) is 0 Å². The molecule has 27 heavy (non-hydrogen) atoms. The minimum absolute atomic E-state index is 0.211. The van der Waals surface area contributed by atoms with Gasteiger partial charge >= 0.3 is 0 Å². The van der Waals surface area contributed by atoms with E-state index < -0.39 is 0 Å². The Morgan fingerprint density at radius 3 is 2.74 bits per heavy atom. The minimum atomic E-state index is -0.239. The van der Waals surface area contributed by atoms with Crippen molar-refractivity contribution in [3.63, 3.8) is 0 Å². The van der Waals surface area contributed by atoms with Crippen LogP contribution in [-0.4, -0.2) is 33.8 Å². The summed E-state index contributed by atoms with van der Waals surface area (Å²) >= 11 is 0. The molecule has 0 saturated heterocycles. The first-order valence-corrected chi connectivity index (χ1v) is 9.25. The average molecular weight is 362 g/mol. The van der Waals surface area contributed by atoms with Crippen LogP contribution in [0.1, 0.15) is 46.4 Å². The molecule has 3 aromatic rings. The molecule has 4 rings (SSSR count). The highest BCUT2D eigenvalue weighted by Crippen LogP contribution is 2.23. The zero-order valence-electron chi connectivity index (χ0n) is 15.5. The fraction of sp³-hybridized carbons (Fsp3) is 0.286. The van der Waals surface area contributed by atoms with Gasteiger partial charge in [0.15, 0.2) is 5.69 Å². The summed E-state index contributed by atoms with van der Waals surface area (Å²) < 4.78 is 1.69. The number of imidazole rings is 1. The quantitative estimate of drug-likeness (QED) is 0.758. The predicted molar refractivity (Wildman–Crippen MR) is 104 cm³/mol. The van der Waals surface area contributed by atoms with Crippen molar-refractivity contribution in [2.24, 2.45) is 0 Å². The predicted octanol–water partition coefficient (Wildman–Crippen LogP) is 3.20. The Hall–Kier alpha value is -3.15. The van der Waals surface area contributed by atoms with Crippen molar-refractivity contribution in [1.82, 2.24) is 14.7 Å². The number of nitrogens with one attached hydrogen (secondary N) is 1. The second-order valence-electron chi connectivity index (χ2n) is 6.88. The van der Waals surface area contributed by atoms with E-state index in [0.717, 1.165) is 24.1 Å². The van der Waals surface area contributed by atoms with E-state index in [1.165, 1.54) is 0 Å². The lowest BCUT2D eigenvalue weighted by Gasteiger charge is -2.20. The summed E-state index contributed by atoms with van der Waals surface area (Å²) in [6, 6.07) is 13.5. The third-order valence-electron chi connectivity index (χ3n) is 4.74. The van der Waals surface area contributed by atoms with E-state index in [4.69, 9.17) is 0 Å². The Balaban J connectivity index is 1.75. The molecule has 2 amide bonds. The van der Waals surface area contributed by atoms with Gasteiger partial charge in [-0.1, -0.05) is 18.2 Å². The van der Waals surface area contributed by atoms with Crippen LogP contribution >= 0.6 is 0 Å². The molecule has 6 nitrogen and oxygen atoms in total. The van der Waals surface area contributed by atoms with Crippen molar-refractivity contribution < 1.29 is 9.59 Å². The molecule has 138 valence electrons. The third-order valence-corrected chi connectivity index (χ3v) is 4.74. The van der Waals surface area contributed by atoms with E-state index in [2.05, 4.69) is 10.3 Å². The Kier molecular flexibility index (Phi) is 4.39. The first kappa shape index (κ1) is 17.3. The molecule has 0 spiro atoms. The number of nitrogens with zero attached hydrogens (tertiary/aromatic N) is 3. The SMILES string of the molecule is CCN(C(=O)c1nc(C(=O)NC2CC2)n2ccccc12)c1cccc(C)c1. The normalized spacial score (nSPS) is 13.6. The van der Waals surface area contributed by atoms with Crippen LogP contribution in [0.4, 0.5) is 5.69 Å². The summed E-state index contributed by atoms with van der Waals surface area (Å²) in [5.74, 6) is -0.199. The third kappa shape index (κ3) is 3.30. The van der Waals surface area contributed by atoms with Gasteiger partial charge in [-0.3, -0.25) is 14.0 Å². The number of pyridine rings is 1. The Morgan fingerprint density at radius 2 is 2.04 bits per heavy atom. The summed E-state index contributed by atoms with van der Waals surface area (Å²) in [6.45, 7) is 4.44. The highest BCUT2D eigenvalue weighted by atomic mass is 16.2. The second-order valence-corrected chi connectivity index (χ2v) is 6.88. The molecule has 1 N–H and O–H groups in total. The number of hydrogen-bond acceptors (Lipinski definition) is 3. The Labute approximate surface area is 157 Å². The highest BCUT2D eigenvalue weighted by Gasteiger charge is 2.29. The van der Waals surface area contributed by atoms with Crippen molar-refractivity contribution >= 4 is 23.0 Å². The second kappa shape index (κ2) is 6.87. The summed E-state index contributed by atoms with van der Waals surface area (Å²) in [7, 11) is 0. The molecule has 0 radical (unpaired) electrons. The number of anilines is 1. The number of aryl methyl sites for hydroxylation is 1. The van der Waals surface area contributed by atoms with Crippen molar-refractivity contribution in [1.29, 1.82) is 0 Å². The molecule has 0 bridgehead atoms. The number of aromatic nitrogens is 2. The smallest absolute Gasteiger partial charge is 0.287 e. The fourth-order valence-corrected chi connectivity index (χ4v) is 3.20. The molecular weight excluding hydrogens is 340 g/mol. The Morgan fingerprint density at radius 1 is 1.22 bits per heavy atom. The average Bonchev–Trinajstić information content (AvgIpc) is 3.39. The number of amides is 2. The molecule has 1 aliphatic rings. The maximum Gasteiger partial charge on any atom is 0.287 e. The van der Waals surface area contributed by atoms with Crippen LogP contribution in [0, 0.1) is 6.92 Å². The molecule has 2 aromatic heterocycles. The fourth-order valence-electron chi connectivity index (χ4n) is 3.20. The summed E-state index contributed by atoms with van der Waals surface area (Å²) in [6.07, 6.45) is 3.76. The van der Waals surface area contributed by atoms with Gasteiger partial charge in [-0.25, -0.2) is 4.98 Å². The van der Waals surface area contributed by atoms with Gasteiger partial charge in [-0.05, 0) is 56.5 Å². The lowest BCUT2D eigenvalue weighted by molar-refractivity contribution is 0.0940. The minimum Gasteiger partial charge on any atom is -0.347 e. The zero-order chi connectivity index (χ0) is 19.0. The number of hydrogen-bond donors (Lipinski definition) is 1. The van der Waals surface area contributed by atoms with Gasteiger partial charge in [0, 0.05) is 24.5 Å². The van der Waals surface area contributed by atoms with E-state index >= 15 is 0 Å². The molecule has 0 unspecified atom stereocenters. The first-order chi connectivity index (χ1) is 13.1. The van der Waals surface area contributed by atoms with Gasteiger partial charge in [0.05, 0.1) is 5.52 Å². The van der Waals surface area contributed by atoms with Crippen LogP contribution in [0.3, 0.4) is 0 Å². The van der Waals surface area contributed by atoms with Crippen molar-refractivity contribution in [2.75, 3.05) is 11.4 Å². The van der Waals surface area contributed by atoms with Crippen molar-refractivity contribution in [3.05, 3.63) is 65.7 Å². The molecule has 1 saturated carbocycles. The molecule has 2 heterocycles. The van der Waals surface area contributed by atoms with Crippen LogP contribution in [0.5, 0.6) is 0 Å². The molecule has 1 aromatic carbocycles. The van der Waals surface area contributed by atoms with Crippen LogP contribution < -0.4 is 10.2 Å². The number of rotatable bonds is 5. The highest BCUT2D eigenvalue weighted by molar-refractivity contribution is 6.10. The van der Waals surface area contributed by atoms with Gasteiger partial charge in [-0.2, -0.15) is 0 Å². The molecule has 0 aliphatic heterocycles. The van der Waals surface area contributed by atoms with Crippen LogP contribution in [0.15, 0.2) is 48.7 Å². The van der Waals surface area contributed by atoms with Gasteiger partial charge < -0.3 is 10.2 Å². The van der Waals surface area contributed by atoms with Gasteiger partial charge in [0.2, 0.25) is 5.82 Å². The van der Waals surface area contributed by atoms with Crippen LogP contribution in [-0.2, 0) is 0 Å². The van der Waals surface area contributed by atoms with Gasteiger partial charge in [0.1, 0.15) is 0 Å². The Bertz CT molecular complexity index is 1020. The van der Waals surface area contributed by atoms with E-state index in [0.29, 0.717) is 17.8 Å². The zero-order valence-corrected chi connectivity index (χ0v) is 15.5. The molecule has 1 fully saturated rings. The number of carbonyl (C=O) groups excluding carboxylic acids is 2. The van der Waals surface area contributed by atoms with Crippen molar-refractivity contribution in [2.45, 2.75) is 32.7 Å². The molecule has 0 atom stereocenters. The summed E-state index contributed by atoms with van der Waals surface area (Å²) in [5, 5.41) is 2.95. The number of benzene rings is 1. The largest absolute Gasteiger partial charge is 0.347 e. The maximum atomic E-state index is 13.3. The lowest BCUT2D eigenvalue weighted by Crippen LogP contribution is -2.31. The van der Waals surface area contributed by atoms with E-state index in [9.17, 15) is 9.59 Å². The maximum absolute atomic E-state index is 13.3. The van der Waals surface area contributed by atoms with Gasteiger partial charge in [-0.15, -0.1) is 0 Å². The standard InChI is InChI=1S/C21H22N4O2/c1-3-24(16-8-6-7-14(2)13-16)21(27)18-17-9-4-5-12-25(17)19(23-18)20(26)22-15-10-11-15/h4-9,12-13,15H,3,10-11H2,1-2H3,(H,22,26). The number of carbonyl (C=O) groups is 2. The lowest BCUT2D eigenvalue weighted by atomic mass is 10.2. The van der Waals surface area contributed by atoms with Crippen LogP contribution in [0.25, 0.3) is 5.52 Å². The molecule has 1 aliphatic carbocycles. The monoisotopic (exact) mass is 362 g/mol.